The average molecular weight is 181 g/mol. The number of rotatable bonds is 2. The molecule has 2 unspecified atom stereocenters. The molecule has 3 heteroatoms. The Bertz CT molecular complexity index is 270. The van der Waals surface area contributed by atoms with Crippen molar-refractivity contribution in [3.63, 3.8) is 0 Å². The maximum atomic E-state index is 5.82. The zero-order chi connectivity index (χ0) is 9.31. The van der Waals surface area contributed by atoms with Gasteiger partial charge in [0.1, 0.15) is 11.4 Å². The van der Waals surface area contributed by atoms with Gasteiger partial charge in [0.2, 0.25) is 0 Å². The molecular formula is C10H15NO2. The van der Waals surface area contributed by atoms with Gasteiger partial charge in [-0.25, -0.2) is 0 Å². The molecule has 0 radical (unpaired) electrons. The Morgan fingerprint density at radius 2 is 2.54 bits per heavy atom. The molecule has 1 aromatic rings. The lowest BCUT2D eigenvalue weighted by molar-refractivity contribution is -0.0420. The van der Waals surface area contributed by atoms with Crippen LogP contribution >= 0.6 is 0 Å². The van der Waals surface area contributed by atoms with Crippen molar-refractivity contribution >= 4 is 0 Å². The normalized spacial score (nSPS) is 33.8. The Balaban J connectivity index is 2.15. The topological polar surface area (TPSA) is 48.4 Å². The molecule has 0 amide bonds. The van der Waals surface area contributed by atoms with E-state index in [0.29, 0.717) is 6.54 Å². The fourth-order valence-electron chi connectivity index (χ4n) is 1.85. The molecule has 2 atom stereocenters. The molecule has 1 saturated heterocycles. The van der Waals surface area contributed by atoms with Crippen LogP contribution < -0.4 is 5.73 Å². The van der Waals surface area contributed by atoms with Crippen molar-refractivity contribution in [2.75, 3.05) is 6.54 Å². The van der Waals surface area contributed by atoms with Gasteiger partial charge in [-0.05, 0) is 31.9 Å². The number of hydrogen-bond donors (Lipinski definition) is 1. The molecule has 1 fully saturated rings. The molecular weight excluding hydrogens is 166 g/mol. The van der Waals surface area contributed by atoms with E-state index < -0.39 is 0 Å². The summed E-state index contributed by atoms with van der Waals surface area (Å²) >= 11 is 0. The third-order valence-corrected chi connectivity index (χ3v) is 2.68. The number of furan rings is 1. The van der Waals surface area contributed by atoms with E-state index in [4.69, 9.17) is 14.9 Å². The molecule has 13 heavy (non-hydrogen) atoms. The molecule has 0 aliphatic carbocycles. The highest BCUT2D eigenvalue weighted by Crippen LogP contribution is 2.38. The third kappa shape index (κ3) is 1.49. The minimum absolute atomic E-state index is 0.190. The van der Waals surface area contributed by atoms with Gasteiger partial charge in [-0.2, -0.15) is 0 Å². The first-order valence-corrected chi connectivity index (χ1v) is 4.66. The van der Waals surface area contributed by atoms with Crippen LogP contribution in [0.3, 0.4) is 0 Å². The van der Waals surface area contributed by atoms with Crippen LogP contribution in [0.2, 0.25) is 0 Å². The quantitative estimate of drug-likeness (QED) is 0.754. The van der Waals surface area contributed by atoms with Crippen LogP contribution in [0.4, 0.5) is 0 Å². The van der Waals surface area contributed by atoms with E-state index in [-0.39, 0.29) is 11.7 Å². The molecule has 1 aromatic heterocycles. The standard InChI is InChI=1S/C10H15NO2/c1-10(9-3-2-6-12-9)5-4-8(7-11)13-10/h2-3,6,8H,4-5,7,11H2,1H3. The van der Waals surface area contributed by atoms with Crippen molar-refractivity contribution in [3.05, 3.63) is 24.2 Å². The lowest BCUT2D eigenvalue weighted by Crippen LogP contribution is -2.25. The molecule has 2 rings (SSSR count). The summed E-state index contributed by atoms with van der Waals surface area (Å²) in [5, 5.41) is 0. The Kier molecular flexibility index (Phi) is 2.14. The van der Waals surface area contributed by atoms with Gasteiger partial charge in [0.25, 0.3) is 0 Å². The van der Waals surface area contributed by atoms with Gasteiger partial charge in [-0.3, -0.25) is 0 Å². The zero-order valence-corrected chi connectivity index (χ0v) is 7.82. The Labute approximate surface area is 77.9 Å². The Morgan fingerprint density at radius 1 is 1.69 bits per heavy atom. The van der Waals surface area contributed by atoms with E-state index in [1.165, 1.54) is 0 Å². The summed E-state index contributed by atoms with van der Waals surface area (Å²) in [7, 11) is 0. The molecule has 0 spiro atoms. The lowest BCUT2D eigenvalue weighted by atomic mass is 9.99. The van der Waals surface area contributed by atoms with Gasteiger partial charge < -0.3 is 14.9 Å². The van der Waals surface area contributed by atoms with E-state index in [1.807, 2.05) is 12.1 Å². The highest BCUT2D eigenvalue weighted by atomic mass is 16.5. The van der Waals surface area contributed by atoms with Gasteiger partial charge in [0.15, 0.2) is 0 Å². The van der Waals surface area contributed by atoms with E-state index in [1.54, 1.807) is 6.26 Å². The second-order valence-corrected chi connectivity index (χ2v) is 3.72. The van der Waals surface area contributed by atoms with E-state index in [2.05, 4.69) is 6.92 Å². The highest BCUT2D eigenvalue weighted by molar-refractivity contribution is 5.10. The minimum atomic E-state index is -0.256. The molecule has 0 aromatic carbocycles. The summed E-state index contributed by atoms with van der Waals surface area (Å²) in [4.78, 5) is 0. The first-order valence-electron chi connectivity index (χ1n) is 4.66. The molecule has 0 saturated carbocycles. The Morgan fingerprint density at radius 3 is 3.08 bits per heavy atom. The molecule has 3 nitrogen and oxygen atoms in total. The second kappa shape index (κ2) is 3.16. The van der Waals surface area contributed by atoms with Crippen molar-refractivity contribution in [2.45, 2.75) is 31.5 Å². The highest BCUT2D eigenvalue weighted by Gasteiger charge is 2.38. The summed E-state index contributed by atoms with van der Waals surface area (Å²) in [6.45, 7) is 2.65. The van der Waals surface area contributed by atoms with Gasteiger partial charge in [0.05, 0.1) is 12.4 Å². The first kappa shape index (κ1) is 8.78. The first-order chi connectivity index (χ1) is 6.24. The van der Waals surface area contributed by atoms with Gasteiger partial charge >= 0.3 is 0 Å². The predicted molar refractivity (Wildman–Crippen MR) is 49.2 cm³/mol. The number of nitrogens with two attached hydrogens (primary N) is 1. The summed E-state index contributed by atoms with van der Waals surface area (Å²) in [6, 6.07) is 3.85. The monoisotopic (exact) mass is 181 g/mol. The van der Waals surface area contributed by atoms with Crippen LogP contribution in [0.5, 0.6) is 0 Å². The third-order valence-electron chi connectivity index (χ3n) is 2.68. The maximum absolute atomic E-state index is 5.82. The van der Waals surface area contributed by atoms with Crippen LogP contribution in [0, 0.1) is 0 Å². The van der Waals surface area contributed by atoms with Gasteiger partial charge in [-0.1, -0.05) is 0 Å². The summed E-state index contributed by atoms with van der Waals surface area (Å²) in [5.41, 5.74) is 5.30. The number of ether oxygens (including phenoxy) is 1. The maximum Gasteiger partial charge on any atom is 0.135 e. The summed E-state index contributed by atoms with van der Waals surface area (Å²) < 4.78 is 11.2. The smallest absolute Gasteiger partial charge is 0.135 e. The number of hydrogen-bond acceptors (Lipinski definition) is 3. The SMILES string of the molecule is CC1(c2ccco2)CCC(CN)O1. The van der Waals surface area contributed by atoms with Crippen molar-refractivity contribution in [1.82, 2.24) is 0 Å². The second-order valence-electron chi connectivity index (χ2n) is 3.72. The van der Waals surface area contributed by atoms with Crippen molar-refractivity contribution in [2.24, 2.45) is 5.73 Å². The van der Waals surface area contributed by atoms with Crippen LogP contribution in [0.15, 0.2) is 22.8 Å². The molecule has 1 aliphatic rings. The molecule has 1 aliphatic heterocycles. The van der Waals surface area contributed by atoms with E-state index in [9.17, 15) is 0 Å². The van der Waals surface area contributed by atoms with E-state index in [0.717, 1.165) is 18.6 Å². The largest absolute Gasteiger partial charge is 0.466 e. The van der Waals surface area contributed by atoms with E-state index >= 15 is 0 Å². The molecule has 72 valence electrons. The fourth-order valence-corrected chi connectivity index (χ4v) is 1.85. The lowest BCUT2D eigenvalue weighted by Gasteiger charge is -2.21. The predicted octanol–water partition coefficient (Wildman–Crippen LogP) is 1.63. The molecule has 2 heterocycles. The fraction of sp³-hybridized carbons (Fsp3) is 0.600. The summed E-state index contributed by atoms with van der Waals surface area (Å²) in [6.07, 6.45) is 3.88. The Hall–Kier alpha value is -0.800. The molecule has 2 N–H and O–H groups in total. The molecule has 0 bridgehead atoms. The van der Waals surface area contributed by atoms with Crippen LogP contribution in [0.25, 0.3) is 0 Å². The van der Waals surface area contributed by atoms with Crippen LogP contribution in [0.1, 0.15) is 25.5 Å². The average Bonchev–Trinajstić information content (AvgIpc) is 2.72. The van der Waals surface area contributed by atoms with Gasteiger partial charge in [-0.15, -0.1) is 0 Å². The van der Waals surface area contributed by atoms with Gasteiger partial charge in [0, 0.05) is 6.54 Å². The van der Waals surface area contributed by atoms with Crippen LogP contribution in [-0.4, -0.2) is 12.6 Å². The zero-order valence-electron chi connectivity index (χ0n) is 7.82. The summed E-state index contributed by atoms with van der Waals surface area (Å²) in [5.74, 6) is 0.906. The van der Waals surface area contributed by atoms with Crippen molar-refractivity contribution < 1.29 is 9.15 Å². The van der Waals surface area contributed by atoms with Crippen molar-refractivity contribution in [3.8, 4) is 0 Å². The van der Waals surface area contributed by atoms with Crippen molar-refractivity contribution in [1.29, 1.82) is 0 Å². The van der Waals surface area contributed by atoms with Crippen LogP contribution in [-0.2, 0) is 10.3 Å². The minimum Gasteiger partial charge on any atom is -0.466 e.